The minimum atomic E-state index is -4.13. The number of amides is 1. The number of hydrogen-bond donors (Lipinski definition) is 4. The largest absolute Gasteiger partial charge is 0.438 e. The maximum absolute atomic E-state index is 12.5. The minimum absolute atomic E-state index is 0.0674. The molecule has 0 spiro atoms. The zero-order valence-corrected chi connectivity index (χ0v) is 22.9. The first-order chi connectivity index (χ1) is 17.0. The van der Waals surface area contributed by atoms with Crippen molar-refractivity contribution in [3.8, 4) is 0 Å². The summed E-state index contributed by atoms with van der Waals surface area (Å²) >= 11 is 13.7. The molecule has 36 heavy (non-hydrogen) atoms. The summed E-state index contributed by atoms with van der Waals surface area (Å²) in [5, 5.41) is 4.29. The Morgan fingerprint density at radius 3 is 2.47 bits per heavy atom. The Labute approximate surface area is 223 Å². The van der Waals surface area contributed by atoms with Gasteiger partial charge in [-0.05, 0) is 48.2 Å². The number of halogens is 2. The molecule has 0 aliphatic carbocycles. The van der Waals surface area contributed by atoms with Gasteiger partial charge in [-0.1, -0.05) is 48.8 Å². The topological polar surface area (TPSA) is 137 Å². The molecule has 1 unspecified atom stereocenters. The number of nitrogens with one attached hydrogen (secondary N) is 2. The molecule has 1 atom stereocenters. The molecule has 1 amide bonds. The summed E-state index contributed by atoms with van der Waals surface area (Å²) < 4.78 is 16.7. The van der Waals surface area contributed by atoms with E-state index in [1.807, 2.05) is 26.0 Å². The van der Waals surface area contributed by atoms with Crippen molar-refractivity contribution in [2.24, 2.45) is 0 Å². The highest BCUT2D eigenvalue weighted by molar-refractivity contribution is 7.99. The Kier molecular flexibility index (Phi) is 10.2. The van der Waals surface area contributed by atoms with Gasteiger partial charge in [-0.2, -0.15) is 0 Å². The maximum Gasteiger partial charge on any atom is 0.407 e. The summed E-state index contributed by atoms with van der Waals surface area (Å²) in [6, 6.07) is 8.90. The van der Waals surface area contributed by atoms with Crippen molar-refractivity contribution in [2.75, 3.05) is 12.7 Å². The molecule has 0 aliphatic heterocycles. The van der Waals surface area contributed by atoms with E-state index in [0.29, 0.717) is 27.3 Å². The lowest BCUT2D eigenvalue weighted by Gasteiger charge is -2.17. The van der Waals surface area contributed by atoms with Crippen molar-refractivity contribution in [1.29, 1.82) is 0 Å². The fraction of sp³-hybridized carbons (Fsp3) is 0.348. The van der Waals surface area contributed by atoms with Crippen LogP contribution in [0.15, 0.2) is 52.6 Å². The fourth-order valence-corrected chi connectivity index (χ4v) is 5.64. The molecule has 0 saturated carbocycles. The second kappa shape index (κ2) is 12.9. The first-order valence-electron chi connectivity index (χ1n) is 11.1. The number of alkyl carbamates (subject to hydrolysis) is 1. The van der Waals surface area contributed by atoms with Crippen LogP contribution in [0.5, 0.6) is 0 Å². The molecule has 0 saturated heterocycles. The van der Waals surface area contributed by atoms with Gasteiger partial charge in [-0.25, -0.2) is 9.78 Å². The molecule has 9 nitrogen and oxygen atoms in total. The predicted molar refractivity (Wildman–Crippen MR) is 140 cm³/mol. The van der Waals surface area contributed by atoms with E-state index in [-0.39, 0.29) is 25.0 Å². The Hall–Kier alpha value is -2.07. The number of benzene rings is 1. The quantitative estimate of drug-likeness (QED) is 0.163. The number of aromatic nitrogens is 3. The number of carbonyl (C=O) groups is 1. The van der Waals surface area contributed by atoms with E-state index < -0.39 is 19.8 Å². The normalized spacial score (nSPS) is 12.5. The number of carbonyl (C=O) groups excluding carboxylic acids is 1. The van der Waals surface area contributed by atoms with Gasteiger partial charge in [0, 0.05) is 40.3 Å². The molecule has 3 rings (SSSR count). The molecule has 0 aliphatic rings. The Balaban J connectivity index is 1.83. The van der Waals surface area contributed by atoms with E-state index in [1.54, 1.807) is 30.6 Å². The van der Waals surface area contributed by atoms with Gasteiger partial charge in [0.1, 0.15) is 10.9 Å². The molecule has 4 N–H and O–H groups in total. The van der Waals surface area contributed by atoms with Crippen LogP contribution in [0.1, 0.15) is 49.4 Å². The third-order valence-electron chi connectivity index (χ3n) is 4.96. The molecule has 0 fully saturated rings. The lowest BCUT2D eigenvalue weighted by Crippen LogP contribution is -2.28. The number of hydrogen-bond acceptors (Lipinski definition) is 6. The lowest BCUT2D eigenvalue weighted by molar-refractivity contribution is 0.0929. The maximum atomic E-state index is 12.5. The van der Waals surface area contributed by atoms with E-state index in [4.69, 9.17) is 42.7 Å². The number of aromatic amines is 1. The summed E-state index contributed by atoms with van der Waals surface area (Å²) in [7, 11) is -4.13. The van der Waals surface area contributed by atoms with Crippen LogP contribution in [0.3, 0.4) is 0 Å². The molecule has 0 bridgehead atoms. The Morgan fingerprint density at radius 1 is 1.19 bits per heavy atom. The number of ether oxygens (including phenoxy) is 1. The number of rotatable bonds is 11. The van der Waals surface area contributed by atoms with Crippen molar-refractivity contribution in [3.63, 3.8) is 0 Å². The summed E-state index contributed by atoms with van der Waals surface area (Å²) in [6.45, 7) is 4.12. The first-order valence-corrected chi connectivity index (χ1v) is 14.5. The van der Waals surface area contributed by atoms with Crippen LogP contribution in [0.4, 0.5) is 4.79 Å². The number of H-pyrrole nitrogens is 1. The van der Waals surface area contributed by atoms with Crippen molar-refractivity contribution in [2.45, 2.75) is 48.6 Å². The molecule has 194 valence electrons. The standard InChI is InChI=1S/C23H27Cl2N4O5PS/c1-14(2)20-22(36-18-12-16(24)11-17(25)13-18)29-21(28-20)19(10-15-4-7-26-8-5-15)34-23(30)27-6-3-9-35(31,32)33/h4-5,7-8,11-14,19H,3,6,9-10H2,1-2H3,(H,27,30)(H,28,29)(H2,31,32,33). The highest BCUT2D eigenvalue weighted by Gasteiger charge is 2.25. The van der Waals surface area contributed by atoms with Gasteiger partial charge >= 0.3 is 13.7 Å². The third kappa shape index (κ3) is 9.10. The summed E-state index contributed by atoms with van der Waals surface area (Å²) in [5.41, 5.74) is 1.76. The molecule has 2 aromatic heterocycles. The van der Waals surface area contributed by atoms with Gasteiger partial charge in [0.25, 0.3) is 0 Å². The van der Waals surface area contributed by atoms with Gasteiger partial charge in [-0.15, -0.1) is 0 Å². The molecule has 2 heterocycles. The number of nitrogens with zero attached hydrogens (tertiary/aromatic N) is 2. The van der Waals surface area contributed by atoms with Gasteiger partial charge in [0.15, 0.2) is 6.10 Å². The van der Waals surface area contributed by atoms with Crippen LogP contribution in [0.25, 0.3) is 0 Å². The van der Waals surface area contributed by atoms with Crippen LogP contribution in [0.2, 0.25) is 10.0 Å². The van der Waals surface area contributed by atoms with E-state index in [0.717, 1.165) is 16.2 Å². The molecule has 0 radical (unpaired) electrons. The summed E-state index contributed by atoms with van der Waals surface area (Å²) in [5.74, 6) is 0.572. The fourth-order valence-electron chi connectivity index (χ4n) is 3.28. The zero-order chi connectivity index (χ0) is 26.3. The number of imidazole rings is 1. The second-order valence-corrected chi connectivity index (χ2v) is 12.0. The van der Waals surface area contributed by atoms with Crippen LogP contribution in [-0.2, 0) is 15.7 Å². The number of pyridine rings is 1. The Morgan fingerprint density at radius 2 is 1.86 bits per heavy atom. The van der Waals surface area contributed by atoms with E-state index in [2.05, 4.69) is 15.3 Å². The highest BCUT2D eigenvalue weighted by Crippen LogP contribution is 2.37. The van der Waals surface area contributed by atoms with Crippen LogP contribution in [-0.4, -0.2) is 43.5 Å². The van der Waals surface area contributed by atoms with E-state index in [1.165, 1.54) is 11.8 Å². The predicted octanol–water partition coefficient (Wildman–Crippen LogP) is 5.96. The van der Waals surface area contributed by atoms with Crippen LogP contribution < -0.4 is 5.32 Å². The van der Waals surface area contributed by atoms with Gasteiger partial charge < -0.3 is 24.8 Å². The van der Waals surface area contributed by atoms with Gasteiger partial charge in [0.2, 0.25) is 0 Å². The van der Waals surface area contributed by atoms with E-state index in [9.17, 15) is 9.36 Å². The SMILES string of the molecule is CC(C)c1[nH]c(C(Cc2ccncc2)OC(=O)NCCCP(=O)(O)O)nc1Sc1cc(Cl)cc(Cl)c1. The average Bonchev–Trinajstić information content (AvgIpc) is 3.20. The summed E-state index contributed by atoms with van der Waals surface area (Å²) in [6.07, 6.45) is 1.99. The Bertz CT molecular complexity index is 1200. The second-order valence-electron chi connectivity index (χ2n) is 8.32. The highest BCUT2D eigenvalue weighted by atomic mass is 35.5. The van der Waals surface area contributed by atoms with Gasteiger partial charge in [0.05, 0.1) is 11.9 Å². The third-order valence-corrected chi connectivity index (χ3v) is 7.27. The first kappa shape index (κ1) is 28.5. The van der Waals surface area contributed by atoms with Gasteiger partial charge in [-0.3, -0.25) is 9.55 Å². The van der Waals surface area contributed by atoms with Crippen LogP contribution >= 0.6 is 42.6 Å². The van der Waals surface area contributed by atoms with E-state index >= 15 is 0 Å². The monoisotopic (exact) mass is 572 g/mol. The molecule has 1 aromatic carbocycles. The molecular formula is C23H27Cl2N4O5PS. The smallest absolute Gasteiger partial charge is 0.407 e. The molecule has 3 aromatic rings. The van der Waals surface area contributed by atoms with Crippen molar-refractivity contribution < 1.29 is 23.9 Å². The summed E-state index contributed by atoms with van der Waals surface area (Å²) in [4.78, 5) is 43.4. The van der Waals surface area contributed by atoms with Crippen molar-refractivity contribution in [1.82, 2.24) is 20.3 Å². The average molecular weight is 573 g/mol. The van der Waals surface area contributed by atoms with Crippen molar-refractivity contribution >= 4 is 48.7 Å². The molecule has 13 heteroatoms. The van der Waals surface area contributed by atoms with Crippen LogP contribution in [0, 0.1) is 0 Å². The minimum Gasteiger partial charge on any atom is -0.438 e. The zero-order valence-electron chi connectivity index (χ0n) is 19.6. The van der Waals surface area contributed by atoms with Crippen molar-refractivity contribution in [3.05, 3.63) is 69.9 Å². The molecular weight excluding hydrogens is 546 g/mol. The lowest BCUT2D eigenvalue weighted by atomic mass is 10.1.